The maximum atomic E-state index is 6.09. The van der Waals surface area contributed by atoms with Crippen LogP contribution in [0.15, 0.2) is 0 Å². The number of nitrogen functional groups attached to an aromatic ring is 1. The van der Waals surface area contributed by atoms with E-state index in [2.05, 4.69) is 38.0 Å². The fourth-order valence-corrected chi connectivity index (χ4v) is 2.83. The maximum absolute atomic E-state index is 6.09. The first-order valence-corrected chi connectivity index (χ1v) is 8.18. The van der Waals surface area contributed by atoms with Crippen LogP contribution in [-0.4, -0.2) is 16.0 Å². The summed E-state index contributed by atoms with van der Waals surface area (Å²) in [4.78, 5) is 9.20. The maximum Gasteiger partial charge on any atom is 0.138 e. The molecule has 1 saturated carbocycles. The summed E-state index contributed by atoms with van der Waals surface area (Å²) in [5.41, 5.74) is 6.97. The smallest absolute Gasteiger partial charge is 0.138 e. The predicted octanol–water partition coefficient (Wildman–Crippen LogP) is 4.05. The number of rotatable bonds is 2. The van der Waals surface area contributed by atoms with Crippen LogP contribution in [0.25, 0.3) is 0 Å². The summed E-state index contributed by atoms with van der Waals surface area (Å²) in [7, 11) is 0. The summed E-state index contributed by atoms with van der Waals surface area (Å²) in [6.45, 7) is 10.7. The van der Waals surface area contributed by atoms with Crippen LogP contribution in [0.4, 0.5) is 11.6 Å². The van der Waals surface area contributed by atoms with E-state index < -0.39 is 0 Å². The first kappa shape index (κ1) is 16.1. The van der Waals surface area contributed by atoms with Gasteiger partial charge in [-0.3, -0.25) is 0 Å². The van der Waals surface area contributed by atoms with Crippen LogP contribution < -0.4 is 11.1 Å². The molecular formula is C17H30N4. The van der Waals surface area contributed by atoms with E-state index in [4.69, 9.17) is 10.7 Å². The Hall–Kier alpha value is -1.32. The summed E-state index contributed by atoms with van der Waals surface area (Å²) < 4.78 is 0. The van der Waals surface area contributed by atoms with Crippen LogP contribution in [0.2, 0.25) is 0 Å². The summed E-state index contributed by atoms with van der Waals surface area (Å²) in [5.74, 6) is 3.18. The lowest BCUT2D eigenvalue weighted by Gasteiger charge is -2.23. The van der Waals surface area contributed by atoms with Gasteiger partial charge in [0.1, 0.15) is 17.5 Å². The van der Waals surface area contributed by atoms with Gasteiger partial charge in [-0.05, 0) is 32.1 Å². The van der Waals surface area contributed by atoms with Crippen molar-refractivity contribution in [1.29, 1.82) is 0 Å². The molecule has 0 spiro atoms. The Balaban J connectivity index is 2.20. The molecule has 1 aliphatic rings. The molecule has 2 rings (SSSR count). The van der Waals surface area contributed by atoms with Crippen molar-refractivity contribution in [1.82, 2.24) is 9.97 Å². The molecule has 3 N–H and O–H groups in total. The van der Waals surface area contributed by atoms with Crippen molar-refractivity contribution in [2.75, 3.05) is 11.1 Å². The molecule has 4 nitrogen and oxygen atoms in total. The van der Waals surface area contributed by atoms with Crippen molar-refractivity contribution < 1.29 is 0 Å². The standard InChI is InChI=1S/C17H30N4/c1-11-7-6-8-13(10-9-11)19-15-12(2)14(18)20-16(21-15)17(3,4)5/h11,13H,6-10H2,1-5H3,(H3,18,19,20,21). The van der Waals surface area contributed by atoms with Gasteiger partial charge in [-0.1, -0.05) is 40.5 Å². The highest BCUT2D eigenvalue weighted by Crippen LogP contribution is 2.28. The zero-order valence-electron chi connectivity index (χ0n) is 14.2. The van der Waals surface area contributed by atoms with Crippen molar-refractivity contribution in [2.45, 2.75) is 78.2 Å². The molecule has 21 heavy (non-hydrogen) atoms. The molecule has 1 heterocycles. The normalized spacial score (nSPS) is 23.7. The van der Waals surface area contributed by atoms with E-state index in [0.29, 0.717) is 11.9 Å². The highest BCUT2D eigenvalue weighted by atomic mass is 15.1. The molecule has 0 radical (unpaired) electrons. The van der Waals surface area contributed by atoms with Crippen LogP contribution in [0.1, 0.15) is 71.2 Å². The first-order valence-electron chi connectivity index (χ1n) is 8.18. The molecule has 0 bridgehead atoms. The van der Waals surface area contributed by atoms with Gasteiger partial charge in [0.15, 0.2) is 0 Å². The highest BCUT2D eigenvalue weighted by molar-refractivity contribution is 5.55. The molecular weight excluding hydrogens is 260 g/mol. The molecule has 2 atom stereocenters. The van der Waals surface area contributed by atoms with E-state index in [0.717, 1.165) is 23.1 Å². The zero-order valence-corrected chi connectivity index (χ0v) is 14.2. The molecule has 0 amide bonds. The number of nitrogens with two attached hydrogens (primary N) is 1. The van der Waals surface area contributed by atoms with E-state index in [9.17, 15) is 0 Å². The third kappa shape index (κ3) is 4.08. The van der Waals surface area contributed by atoms with Crippen LogP contribution in [0.3, 0.4) is 0 Å². The second-order valence-corrected chi connectivity index (χ2v) is 7.61. The fourth-order valence-electron chi connectivity index (χ4n) is 2.83. The van der Waals surface area contributed by atoms with Gasteiger partial charge in [0.25, 0.3) is 0 Å². The Kier molecular flexibility index (Phi) is 4.74. The van der Waals surface area contributed by atoms with Crippen molar-refractivity contribution >= 4 is 11.6 Å². The van der Waals surface area contributed by atoms with Crippen LogP contribution in [0.5, 0.6) is 0 Å². The number of hydrogen-bond acceptors (Lipinski definition) is 4. The van der Waals surface area contributed by atoms with Crippen LogP contribution in [0, 0.1) is 12.8 Å². The minimum atomic E-state index is -0.0871. The lowest BCUT2D eigenvalue weighted by atomic mass is 9.95. The van der Waals surface area contributed by atoms with E-state index in [1.54, 1.807) is 0 Å². The van der Waals surface area contributed by atoms with Gasteiger partial charge in [-0.25, -0.2) is 9.97 Å². The number of hydrogen-bond donors (Lipinski definition) is 2. The first-order chi connectivity index (χ1) is 9.77. The molecule has 1 aromatic rings. The summed E-state index contributed by atoms with van der Waals surface area (Å²) in [6, 6.07) is 0.510. The van der Waals surface area contributed by atoms with Crippen molar-refractivity contribution in [2.24, 2.45) is 5.92 Å². The molecule has 1 aliphatic carbocycles. The lowest BCUT2D eigenvalue weighted by molar-refractivity contribution is 0.501. The monoisotopic (exact) mass is 290 g/mol. The number of anilines is 2. The van der Waals surface area contributed by atoms with Crippen molar-refractivity contribution in [3.63, 3.8) is 0 Å². The Bertz CT molecular complexity index is 490. The molecule has 1 aromatic heterocycles. The highest BCUT2D eigenvalue weighted by Gasteiger charge is 2.22. The molecule has 118 valence electrons. The molecule has 0 aromatic carbocycles. The Morgan fingerprint density at radius 1 is 1.10 bits per heavy atom. The van der Waals surface area contributed by atoms with E-state index in [1.165, 1.54) is 32.1 Å². The average Bonchev–Trinajstić information content (AvgIpc) is 2.58. The van der Waals surface area contributed by atoms with Gasteiger partial charge in [-0.15, -0.1) is 0 Å². The lowest BCUT2D eigenvalue weighted by Crippen LogP contribution is -2.24. The minimum Gasteiger partial charge on any atom is -0.383 e. The number of aromatic nitrogens is 2. The number of nitrogens with one attached hydrogen (secondary N) is 1. The molecule has 2 unspecified atom stereocenters. The average molecular weight is 290 g/mol. The summed E-state index contributed by atoms with van der Waals surface area (Å²) in [5, 5.41) is 3.63. The fraction of sp³-hybridized carbons (Fsp3) is 0.765. The molecule has 1 fully saturated rings. The molecule has 4 heteroatoms. The third-order valence-electron chi connectivity index (χ3n) is 4.45. The second kappa shape index (κ2) is 6.20. The predicted molar refractivity (Wildman–Crippen MR) is 89.5 cm³/mol. The Morgan fingerprint density at radius 2 is 1.81 bits per heavy atom. The van der Waals surface area contributed by atoms with Gasteiger partial charge in [-0.2, -0.15) is 0 Å². The summed E-state index contributed by atoms with van der Waals surface area (Å²) in [6.07, 6.45) is 6.37. The molecule has 0 aliphatic heterocycles. The van der Waals surface area contributed by atoms with E-state index in [-0.39, 0.29) is 5.41 Å². The van der Waals surface area contributed by atoms with Gasteiger partial charge >= 0.3 is 0 Å². The number of nitrogens with zero attached hydrogens (tertiary/aromatic N) is 2. The van der Waals surface area contributed by atoms with E-state index in [1.807, 2.05) is 6.92 Å². The zero-order chi connectivity index (χ0) is 15.6. The Labute approximate surface area is 128 Å². The second-order valence-electron chi connectivity index (χ2n) is 7.61. The van der Waals surface area contributed by atoms with Gasteiger partial charge in [0.2, 0.25) is 0 Å². The molecule has 0 saturated heterocycles. The van der Waals surface area contributed by atoms with Gasteiger partial charge in [0.05, 0.1) is 0 Å². The Morgan fingerprint density at radius 3 is 2.48 bits per heavy atom. The SMILES string of the molecule is Cc1c(N)nc(C(C)(C)C)nc1NC1CCCC(C)CC1. The summed E-state index contributed by atoms with van der Waals surface area (Å²) >= 11 is 0. The third-order valence-corrected chi connectivity index (χ3v) is 4.45. The quantitative estimate of drug-likeness (QED) is 0.807. The van der Waals surface area contributed by atoms with Crippen LogP contribution >= 0.6 is 0 Å². The minimum absolute atomic E-state index is 0.0871. The van der Waals surface area contributed by atoms with Crippen molar-refractivity contribution in [3.05, 3.63) is 11.4 Å². The van der Waals surface area contributed by atoms with Crippen molar-refractivity contribution in [3.8, 4) is 0 Å². The van der Waals surface area contributed by atoms with E-state index >= 15 is 0 Å². The largest absolute Gasteiger partial charge is 0.383 e. The van der Waals surface area contributed by atoms with Gasteiger partial charge < -0.3 is 11.1 Å². The topological polar surface area (TPSA) is 63.8 Å². The van der Waals surface area contributed by atoms with Gasteiger partial charge in [0, 0.05) is 17.0 Å². The van der Waals surface area contributed by atoms with Crippen LogP contribution in [-0.2, 0) is 5.41 Å².